The molecule has 0 radical (unpaired) electrons. The van der Waals surface area contributed by atoms with E-state index >= 15 is 0 Å². The highest BCUT2D eigenvalue weighted by Gasteiger charge is 2.31. The summed E-state index contributed by atoms with van der Waals surface area (Å²) in [6.07, 6.45) is 1.38. The maximum Gasteiger partial charge on any atom is 0.248 e. The second-order valence-electron chi connectivity index (χ2n) is 6.13. The first-order valence-corrected chi connectivity index (χ1v) is 10.8. The fourth-order valence-electron chi connectivity index (χ4n) is 2.83. The van der Waals surface area contributed by atoms with E-state index in [1.165, 1.54) is 7.11 Å². The number of nitrogens with zero attached hydrogens (tertiary/aromatic N) is 1. The molecule has 1 atom stereocenters. The number of ether oxygens (including phenoxy) is 2. The van der Waals surface area contributed by atoms with Crippen LogP contribution in [-0.2, 0) is 14.8 Å². The Morgan fingerprint density at radius 1 is 1.11 bits per heavy atom. The fourth-order valence-corrected chi connectivity index (χ4v) is 4.04. The van der Waals surface area contributed by atoms with Crippen LogP contribution in [0.15, 0.2) is 48.5 Å². The summed E-state index contributed by atoms with van der Waals surface area (Å²) in [5.74, 6) is 0.787. The Labute approximate surface area is 166 Å². The monoisotopic (exact) mass is 406 g/mol. The molecule has 0 saturated heterocycles. The van der Waals surface area contributed by atoms with Crippen molar-refractivity contribution in [3.63, 3.8) is 0 Å². The molecule has 0 saturated carbocycles. The Hall–Kier alpha value is -2.74. The Morgan fingerprint density at radius 3 is 2.32 bits per heavy atom. The first kappa shape index (κ1) is 21.6. The van der Waals surface area contributed by atoms with E-state index in [0.717, 1.165) is 10.6 Å². The second-order valence-corrected chi connectivity index (χ2v) is 7.99. The van der Waals surface area contributed by atoms with E-state index in [-0.39, 0.29) is 0 Å². The molecule has 0 spiro atoms. The predicted octanol–water partition coefficient (Wildman–Crippen LogP) is 3.28. The maximum absolute atomic E-state index is 12.9. The van der Waals surface area contributed by atoms with E-state index < -0.39 is 22.0 Å². The van der Waals surface area contributed by atoms with E-state index in [1.807, 2.05) is 6.92 Å². The summed E-state index contributed by atoms with van der Waals surface area (Å²) in [5.41, 5.74) is 0.932. The van der Waals surface area contributed by atoms with Gasteiger partial charge in [-0.25, -0.2) is 8.42 Å². The van der Waals surface area contributed by atoms with Crippen LogP contribution in [0.5, 0.6) is 11.5 Å². The van der Waals surface area contributed by atoms with E-state index in [2.05, 4.69) is 5.32 Å². The average molecular weight is 407 g/mol. The summed E-state index contributed by atoms with van der Waals surface area (Å²) in [6.45, 7) is 4.20. The number of methoxy groups -OCH3 is 1. The van der Waals surface area contributed by atoms with E-state index in [9.17, 15) is 13.2 Å². The van der Waals surface area contributed by atoms with Gasteiger partial charge in [-0.05, 0) is 49.7 Å². The molecule has 0 aliphatic heterocycles. The number of hydrogen-bond acceptors (Lipinski definition) is 5. The molecule has 2 rings (SSSR count). The third kappa shape index (κ3) is 5.39. The van der Waals surface area contributed by atoms with Crippen LogP contribution < -0.4 is 19.1 Å². The molecule has 0 heterocycles. The fraction of sp³-hybridized carbons (Fsp3) is 0.350. The predicted molar refractivity (Wildman–Crippen MR) is 111 cm³/mol. The molecule has 0 bridgehead atoms. The van der Waals surface area contributed by atoms with Gasteiger partial charge in [-0.15, -0.1) is 0 Å². The van der Waals surface area contributed by atoms with Gasteiger partial charge in [0.05, 0.1) is 25.7 Å². The minimum Gasteiger partial charge on any atom is -0.497 e. The van der Waals surface area contributed by atoms with Crippen molar-refractivity contribution in [2.24, 2.45) is 0 Å². The number of nitrogens with one attached hydrogen (secondary N) is 1. The molecule has 0 unspecified atom stereocenters. The number of anilines is 2. The maximum atomic E-state index is 12.9. The molecule has 8 heteroatoms. The van der Waals surface area contributed by atoms with E-state index in [0.29, 0.717) is 35.9 Å². The van der Waals surface area contributed by atoms with Crippen molar-refractivity contribution in [3.8, 4) is 11.5 Å². The van der Waals surface area contributed by atoms with Gasteiger partial charge in [0.25, 0.3) is 0 Å². The van der Waals surface area contributed by atoms with Crippen molar-refractivity contribution in [2.75, 3.05) is 29.6 Å². The van der Waals surface area contributed by atoms with Crippen LogP contribution in [0.2, 0.25) is 0 Å². The molecule has 0 fully saturated rings. The van der Waals surface area contributed by atoms with Gasteiger partial charge in [-0.2, -0.15) is 0 Å². The van der Waals surface area contributed by atoms with E-state index in [4.69, 9.17) is 9.47 Å². The molecule has 1 N–H and O–H groups in total. The quantitative estimate of drug-likeness (QED) is 0.691. The van der Waals surface area contributed by atoms with Crippen molar-refractivity contribution in [1.82, 2.24) is 0 Å². The van der Waals surface area contributed by atoms with Gasteiger partial charge in [-0.1, -0.05) is 13.0 Å². The van der Waals surface area contributed by atoms with Gasteiger partial charge in [0, 0.05) is 11.8 Å². The van der Waals surface area contributed by atoms with Crippen LogP contribution in [-0.4, -0.2) is 40.3 Å². The summed E-state index contributed by atoms with van der Waals surface area (Å²) in [7, 11) is -2.21. The lowest BCUT2D eigenvalue weighted by Gasteiger charge is -2.30. The lowest BCUT2D eigenvalue weighted by Crippen LogP contribution is -2.47. The lowest BCUT2D eigenvalue weighted by atomic mass is 10.1. The van der Waals surface area contributed by atoms with Crippen LogP contribution in [0.4, 0.5) is 11.4 Å². The third-order valence-electron chi connectivity index (χ3n) is 4.07. The Kier molecular flexibility index (Phi) is 7.28. The lowest BCUT2D eigenvalue weighted by molar-refractivity contribution is -0.117. The molecule has 0 aliphatic carbocycles. The van der Waals surface area contributed by atoms with E-state index in [1.54, 1.807) is 55.5 Å². The van der Waals surface area contributed by atoms with Crippen molar-refractivity contribution >= 4 is 27.3 Å². The third-order valence-corrected chi connectivity index (χ3v) is 5.25. The highest BCUT2D eigenvalue weighted by molar-refractivity contribution is 7.92. The number of hydrogen-bond donors (Lipinski definition) is 1. The number of rotatable bonds is 9. The van der Waals surface area contributed by atoms with Crippen molar-refractivity contribution in [1.29, 1.82) is 0 Å². The topological polar surface area (TPSA) is 84.9 Å². The van der Waals surface area contributed by atoms with Gasteiger partial charge in [0.15, 0.2) is 0 Å². The summed E-state index contributed by atoms with van der Waals surface area (Å²) >= 11 is 0. The number of benzene rings is 2. The SMILES string of the molecule is CCOc1ccc(NC(=O)[C@H](CC)N(c2cccc(OC)c2)S(C)(=O)=O)cc1. The van der Waals surface area contributed by atoms with Crippen LogP contribution in [0.25, 0.3) is 0 Å². The van der Waals surface area contributed by atoms with Gasteiger partial charge in [0.2, 0.25) is 15.9 Å². The molecule has 1 amide bonds. The molecule has 152 valence electrons. The number of carbonyl (C=O) groups is 1. The number of sulfonamides is 1. The number of amides is 1. The minimum absolute atomic E-state index is 0.299. The summed E-state index contributed by atoms with van der Waals surface area (Å²) in [6, 6.07) is 12.6. The summed E-state index contributed by atoms with van der Waals surface area (Å²) < 4.78 is 36.7. The first-order chi connectivity index (χ1) is 13.3. The summed E-state index contributed by atoms with van der Waals surface area (Å²) in [5, 5.41) is 2.78. The Balaban J connectivity index is 2.30. The van der Waals surface area contributed by atoms with Gasteiger partial charge in [-0.3, -0.25) is 9.10 Å². The highest BCUT2D eigenvalue weighted by atomic mass is 32.2. The second kappa shape index (κ2) is 9.45. The van der Waals surface area contributed by atoms with Crippen molar-refractivity contribution in [3.05, 3.63) is 48.5 Å². The van der Waals surface area contributed by atoms with Crippen LogP contribution >= 0.6 is 0 Å². The molecule has 0 aromatic heterocycles. The van der Waals surface area contributed by atoms with Crippen molar-refractivity contribution in [2.45, 2.75) is 26.3 Å². The van der Waals surface area contributed by atoms with Gasteiger partial charge < -0.3 is 14.8 Å². The molecule has 28 heavy (non-hydrogen) atoms. The average Bonchev–Trinajstić information content (AvgIpc) is 2.66. The normalized spacial score (nSPS) is 12.1. The largest absolute Gasteiger partial charge is 0.497 e. The Morgan fingerprint density at radius 2 is 1.79 bits per heavy atom. The molecule has 0 aliphatic rings. The molecular weight excluding hydrogens is 380 g/mol. The smallest absolute Gasteiger partial charge is 0.248 e. The van der Waals surface area contributed by atoms with Crippen LogP contribution in [0, 0.1) is 0 Å². The standard InChI is InChI=1S/C20H26N2O5S/c1-5-19(20(23)21-15-10-12-17(13-11-15)27-6-2)22(28(4,24)25)16-8-7-9-18(14-16)26-3/h7-14,19H,5-6H2,1-4H3,(H,21,23)/t19-/m0/s1. The molecular formula is C20H26N2O5S. The molecule has 2 aromatic rings. The summed E-state index contributed by atoms with van der Waals surface area (Å²) in [4.78, 5) is 12.9. The molecule has 2 aromatic carbocycles. The Bertz CT molecular complexity index is 897. The zero-order valence-corrected chi connectivity index (χ0v) is 17.3. The first-order valence-electron chi connectivity index (χ1n) is 8.97. The van der Waals surface area contributed by atoms with Crippen LogP contribution in [0.1, 0.15) is 20.3 Å². The highest BCUT2D eigenvalue weighted by Crippen LogP contribution is 2.27. The number of carbonyl (C=O) groups excluding carboxylic acids is 1. The van der Waals surface area contributed by atoms with Gasteiger partial charge in [0.1, 0.15) is 17.5 Å². The minimum atomic E-state index is -3.71. The molecule has 7 nitrogen and oxygen atoms in total. The zero-order chi connectivity index (χ0) is 20.7. The van der Waals surface area contributed by atoms with Crippen molar-refractivity contribution < 1.29 is 22.7 Å². The van der Waals surface area contributed by atoms with Crippen LogP contribution in [0.3, 0.4) is 0 Å². The van der Waals surface area contributed by atoms with Gasteiger partial charge >= 0.3 is 0 Å². The zero-order valence-electron chi connectivity index (χ0n) is 16.5.